The van der Waals surface area contributed by atoms with Crippen LogP contribution in [-0.4, -0.2) is 11.4 Å². The third-order valence-corrected chi connectivity index (χ3v) is 6.15. The van der Waals surface area contributed by atoms with E-state index >= 15 is 0 Å². The Labute approximate surface area is 183 Å². The maximum atomic E-state index is 4.71. The highest BCUT2D eigenvalue weighted by Crippen LogP contribution is 2.32. The van der Waals surface area contributed by atoms with Crippen LogP contribution < -0.4 is 0 Å². The largest absolute Gasteiger partial charge is 0.257 e. The summed E-state index contributed by atoms with van der Waals surface area (Å²) >= 11 is 0. The fourth-order valence-electron chi connectivity index (χ4n) is 3.85. The Morgan fingerprint density at radius 2 is 1.03 bits per heavy atom. The van der Waals surface area contributed by atoms with Crippen molar-refractivity contribution in [2.75, 3.05) is 0 Å². The quantitative estimate of drug-likeness (QED) is 0.492. The zero-order chi connectivity index (χ0) is 22.0. The van der Waals surface area contributed by atoms with Gasteiger partial charge < -0.3 is 0 Å². The van der Waals surface area contributed by atoms with Crippen molar-refractivity contribution >= 4 is 22.8 Å². The molecular formula is C28H38N2. The summed E-state index contributed by atoms with van der Waals surface area (Å²) < 4.78 is 0. The fourth-order valence-corrected chi connectivity index (χ4v) is 3.85. The first-order valence-corrected chi connectivity index (χ1v) is 11.6. The van der Waals surface area contributed by atoms with Gasteiger partial charge in [0, 0.05) is 24.3 Å². The second-order valence-electron chi connectivity index (χ2n) is 9.95. The van der Waals surface area contributed by atoms with E-state index in [0.29, 0.717) is 23.7 Å². The van der Waals surface area contributed by atoms with Gasteiger partial charge in [0.1, 0.15) is 0 Å². The number of hydrogen-bond donors (Lipinski definition) is 0. The molecule has 2 heterocycles. The van der Waals surface area contributed by atoms with Crippen LogP contribution in [0.3, 0.4) is 0 Å². The summed E-state index contributed by atoms with van der Waals surface area (Å²) in [5.74, 6) is 2.34. The van der Waals surface area contributed by atoms with Crippen molar-refractivity contribution in [1.29, 1.82) is 0 Å². The molecule has 0 spiro atoms. The van der Waals surface area contributed by atoms with Gasteiger partial charge in [-0.2, -0.15) is 0 Å². The van der Waals surface area contributed by atoms with Crippen molar-refractivity contribution in [2.45, 2.75) is 80.1 Å². The second kappa shape index (κ2) is 9.29. The molecule has 2 aliphatic rings. The van der Waals surface area contributed by atoms with Crippen LogP contribution in [-0.2, 0) is 12.8 Å². The molecule has 0 saturated heterocycles. The molecule has 4 rings (SSSR count). The third kappa shape index (κ3) is 5.09. The Hall–Kier alpha value is -2.22. The van der Waals surface area contributed by atoms with Gasteiger partial charge in [-0.05, 0) is 58.1 Å². The van der Waals surface area contributed by atoms with E-state index in [-0.39, 0.29) is 0 Å². The number of fused-ring (bicyclic) bond motifs is 2. The molecule has 2 aromatic carbocycles. The number of hydrogen-bond acceptors (Lipinski definition) is 2. The van der Waals surface area contributed by atoms with Crippen molar-refractivity contribution in [3.8, 4) is 0 Å². The summed E-state index contributed by atoms with van der Waals surface area (Å²) in [6.07, 6.45) is 2.10. The van der Waals surface area contributed by atoms with Crippen LogP contribution in [0, 0.1) is 11.8 Å². The van der Waals surface area contributed by atoms with E-state index in [1.165, 1.54) is 45.1 Å². The van der Waals surface area contributed by atoms with Gasteiger partial charge in [-0.25, -0.2) is 0 Å². The Balaban J connectivity index is 0.000000171. The minimum Gasteiger partial charge on any atom is -0.257 e. The fraction of sp³-hybridized carbons (Fsp3) is 0.500. The molecular weight excluding hydrogens is 364 g/mol. The summed E-state index contributed by atoms with van der Waals surface area (Å²) in [6.45, 7) is 17.8. The minimum atomic E-state index is 0.569. The molecule has 0 saturated carbocycles. The van der Waals surface area contributed by atoms with Crippen molar-refractivity contribution in [3.63, 3.8) is 0 Å². The first kappa shape index (κ1) is 22.5. The first-order chi connectivity index (χ1) is 14.2. The molecule has 0 N–H and O–H groups in total. The zero-order valence-electron chi connectivity index (χ0n) is 20.1. The lowest BCUT2D eigenvalue weighted by molar-refractivity contribution is 0.861. The van der Waals surface area contributed by atoms with E-state index in [0.717, 1.165) is 12.8 Å². The topological polar surface area (TPSA) is 24.7 Å². The Bertz CT molecular complexity index is 959. The molecule has 0 bridgehead atoms. The normalized spacial score (nSPS) is 14.7. The summed E-state index contributed by atoms with van der Waals surface area (Å²) in [4.78, 5) is 9.38. The number of benzene rings is 2. The van der Waals surface area contributed by atoms with Crippen molar-refractivity contribution in [2.24, 2.45) is 21.8 Å². The molecule has 2 aliphatic heterocycles. The molecule has 0 unspecified atom stereocenters. The SMILES string of the molecule is CC(C)C1=Nc2cc(C(C)C)ccc2C1.CC(C)C1=Nc2ccc(C(C)C)cc2C1. The first-order valence-electron chi connectivity index (χ1n) is 11.6. The van der Waals surface area contributed by atoms with Gasteiger partial charge in [-0.15, -0.1) is 0 Å². The lowest BCUT2D eigenvalue weighted by Crippen LogP contribution is -2.06. The van der Waals surface area contributed by atoms with Gasteiger partial charge >= 0.3 is 0 Å². The van der Waals surface area contributed by atoms with Crippen LogP contribution in [0.25, 0.3) is 0 Å². The predicted octanol–water partition coefficient (Wildman–Crippen LogP) is 8.19. The van der Waals surface area contributed by atoms with Crippen LogP contribution in [0.2, 0.25) is 0 Å². The molecule has 0 radical (unpaired) electrons. The molecule has 0 fully saturated rings. The number of nitrogens with zero attached hydrogens (tertiary/aromatic N) is 2. The van der Waals surface area contributed by atoms with Crippen LogP contribution in [0.1, 0.15) is 89.5 Å². The molecule has 0 aromatic heterocycles. The third-order valence-electron chi connectivity index (χ3n) is 6.15. The second-order valence-corrected chi connectivity index (χ2v) is 9.95. The predicted molar refractivity (Wildman–Crippen MR) is 132 cm³/mol. The van der Waals surface area contributed by atoms with E-state index in [1.54, 1.807) is 0 Å². The number of rotatable bonds is 4. The van der Waals surface area contributed by atoms with Crippen LogP contribution in [0.4, 0.5) is 11.4 Å². The maximum Gasteiger partial charge on any atom is 0.0667 e. The molecule has 0 amide bonds. The van der Waals surface area contributed by atoms with Gasteiger partial charge in [-0.1, -0.05) is 79.7 Å². The van der Waals surface area contributed by atoms with Crippen LogP contribution in [0.5, 0.6) is 0 Å². The van der Waals surface area contributed by atoms with Crippen molar-refractivity contribution in [1.82, 2.24) is 0 Å². The molecule has 30 heavy (non-hydrogen) atoms. The number of aliphatic imine (C=N–C) groups is 2. The highest BCUT2D eigenvalue weighted by Gasteiger charge is 2.18. The average Bonchev–Trinajstić information content (AvgIpc) is 3.31. The lowest BCUT2D eigenvalue weighted by atomic mass is 9.97. The molecule has 2 nitrogen and oxygen atoms in total. The smallest absolute Gasteiger partial charge is 0.0667 e. The highest BCUT2D eigenvalue weighted by molar-refractivity contribution is 5.95. The van der Waals surface area contributed by atoms with Gasteiger partial charge in [-0.3, -0.25) is 9.98 Å². The van der Waals surface area contributed by atoms with E-state index < -0.39 is 0 Å². The Kier molecular flexibility index (Phi) is 6.95. The van der Waals surface area contributed by atoms with E-state index in [9.17, 15) is 0 Å². The monoisotopic (exact) mass is 402 g/mol. The molecule has 2 heteroatoms. The molecule has 0 aliphatic carbocycles. The van der Waals surface area contributed by atoms with E-state index in [2.05, 4.69) is 96.8 Å². The zero-order valence-corrected chi connectivity index (χ0v) is 20.1. The maximum absolute atomic E-state index is 4.71. The van der Waals surface area contributed by atoms with Crippen molar-refractivity contribution < 1.29 is 0 Å². The lowest BCUT2D eigenvalue weighted by Gasteiger charge is -2.07. The van der Waals surface area contributed by atoms with Crippen LogP contribution >= 0.6 is 0 Å². The Morgan fingerprint density at radius 3 is 1.60 bits per heavy atom. The Morgan fingerprint density at radius 1 is 0.533 bits per heavy atom. The van der Waals surface area contributed by atoms with Crippen LogP contribution in [0.15, 0.2) is 46.4 Å². The standard InChI is InChI=1S/2C14H19N/c1-9(2)11-5-6-13-12(7-11)8-14(15-13)10(3)4;1-9(2)11-5-6-12-8-13(10(3)4)15-14(12)7-11/h2*5-7,9-10H,8H2,1-4H3. The van der Waals surface area contributed by atoms with Gasteiger partial charge in [0.15, 0.2) is 0 Å². The van der Waals surface area contributed by atoms with Gasteiger partial charge in [0.05, 0.1) is 11.4 Å². The highest BCUT2D eigenvalue weighted by atomic mass is 14.8. The van der Waals surface area contributed by atoms with E-state index in [1.807, 2.05) is 0 Å². The van der Waals surface area contributed by atoms with E-state index in [4.69, 9.17) is 4.99 Å². The summed E-state index contributed by atoms with van der Waals surface area (Å²) in [7, 11) is 0. The van der Waals surface area contributed by atoms with Crippen molar-refractivity contribution in [3.05, 3.63) is 58.7 Å². The summed E-state index contributed by atoms with van der Waals surface area (Å²) in [5, 5.41) is 0. The molecule has 0 atom stereocenters. The molecule has 2 aromatic rings. The minimum absolute atomic E-state index is 0.569. The van der Waals surface area contributed by atoms with Gasteiger partial charge in [0.2, 0.25) is 0 Å². The summed E-state index contributed by atoms with van der Waals surface area (Å²) in [6, 6.07) is 13.4. The summed E-state index contributed by atoms with van der Waals surface area (Å²) in [5.41, 5.74) is 10.6. The average molecular weight is 403 g/mol. The molecule has 160 valence electrons. The van der Waals surface area contributed by atoms with Gasteiger partial charge in [0.25, 0.3) is 0 Å².